The minimum absolute atomic E-state index is 0.555. The van der Waals surface area contributed by atoms with Crippen molar-refractivity contribution in [2.75, 3.05) is 0 Å². The molecule has 0 N–H and O–H groups in total. The lowest BCUT2D eigenvalue weighted by Crippen LogP contribution is -1.83. The summed E-state index contributed by atoms with van der Waals surface area (Å²) in [5.41, 5.74) is 0. The van der Waals surface area contributed by atoms with E-state index in [0.29, 0.717) is 12.8 Å². The second kappa shape index (κ2) is 6.99. The molecule has 0 saturated carbocycles. The average molecular weight is 155 g/mol. The maximum atomic E-state index is 9.83. The Morgan fingerprint density at radius 1 is 1.18 bits per heavy atom. The van der Waals surface area contributed by atoms with Gasteiger partial charge in [0.1, 0.15) is 6.29 Å². The Hall–Kier alpha value is -1.12. The van der Waals surface area contributed by atoms with Crippen molar-refractivity contribution in [1.82, 2.24) is 0 Å². The van der Waals surface area contributed by atoms with Crippen LogP contribution in [0.1, 0.15) is 25.7 Å². The van der Waals surface area contributed by atoms with Crippen molar-refractivity contribution in [1.29, 1.82) is 0 Å². The van der Waals surface area contributed by atoms with E-state index in [-0.39, 0.29) is 0 Å². The van der Waals surface area contributed by atoms with Gasteiger partial charge in [-0.25, -0.2) is 9.90 Å². The minimum Gasteiger partial charge on any atom is -0.303 e. The van der Waals surface area contributed by atoms with E-state index < -0.39 is 5.97 Å². The van der Waals surface area contributed by atoms with E-state index >= 15 is 0 Å². The summed E-state index contributed by atoms with van der Waals surface area (Å²) in [5, 5.41) is 9.83. The average Bonchev–Trinajstić information content (AvgIpc) is 1.96. The molecule has 0 rings (SSSR count). The molecule has 61 valence electrons. The fourth-order valence-electron chi connectivity index (χ4n) is 0.669. The standard InChI is InChI=1S/C8H11O3/c9-7-5-3-1-2-4-6-8(10)11/h4,6-7H,1-3,5H2. The molecule has 0 aliphatic carbocycles. The Kier molecular flexibility index (Phi) is 6.28. The summed E-state index contributed by atoms with van der Waals surface area (Å²) in [6, 6.07) is 0. The lowest BCUT2D eigenvalue weighted by molar-refractivity contribution is -0.137. The van der Waals surface area contributed by atoms with Crippen molar-refractivity contribution in [2.45, 2.75) is 25.7 Å². The van der Waals surface area contributed by atoms with Crippen LogP contribution < -0.4 is 0 Å². The molecular weight excluding hydrogens is 144 g/mol. The van der Waals surface area contributed by atoms with Gasteiger partial charge in [0.05, 0.1) is 0 Å². The number of unbranched alkanes of at least 4 members (excludes halogenated alkanes) is 3. The molecule has 0 aromatic rings. The third-order valence-corrected chi connectivity index (χ3v) is 1.20. The van der Waals surface area contributed by atoms with Crippen molar-refractivity contribution in [2.24, 2.45) is 0 Å². The number of carbonyl (C=O) groups is 2. The van der Waals surface area contributed by atoms with Gasteiger partial charge in [-0.3, -0.25) is 0 Å². The number of carbonyl (C=O) groups excluding carboxylic acids is 2. The van der Waals surface area contributed by atoms with E-state index in [0.717, 1.165) is 25.2 Å². The van der Waals surface area contributed by atoms with Gasteiger partial charge >= 0.3 is 5.97 Å². The first-order chi connectivity index (χ1) is 5.27. The quantitative estimate of drug-likeness (QED) is 0.329. The van der Waals surface area contributed by atoms with Crippen LogP contribution in [0.5, 0.6) is 0 Å². The molecule has 0 aliphatic rings. The number of hydrogen-bond donors (Lipinski definition) is 0. The molecule has 3 nitrogen and oxygen atoms in total. The molecule has 0 spiro atoms. The Morgan fingerprint density at radius 2 is 1.82 bits per heavy atom. The zero-order chi connectivity index (χ0) is 8.53. The summed E-state index contributed by atoms with van der Waals surface area (Å²) in [7, 11) is 0. The molecular formula is C8H11O3. The van der Waals surface area contributed by atoms with Crippen molar-refractivity contribution >= 4 is 12.3 Å². The second-order valence-corrected chi connectivity index (χ2v) is 2.17. The third kappa shape index (κ3) is 8.88. The van der Waals surface area contributed by atoms with Gasteiger partial charge in [-0.05, 0) is 19.3 Å². The predicted molar refractivity (Wildman–Crippen MR) is 39.4 cm³/mol. The highest BCUT2D eigenvalue weighted by Crippen LogP contribution is 1.98. The van der Waals surface area contributed by atoms with Crippen LogP contribution in [0.15, 0.2) is 12.2 Å². The van der Waals surface area contributed by atoms with Crippen LogP contribution in [0, 0.1) is 0 Å². The molecule has 0 aliphatic heterocycles. The van der Waals surface area contributed by atoms with Crippen LogP contribution in [0.4, 0.5) is 0 Å². The van der Waals surface area contributed by atoms with Crippen LogP contribution in [0.3, 0.4) is 0 Å². The summed E-state index contributed by atoms with van der Waals surface area (Å²) in [6.45, 7) is 0. The Labute approximate surface area is 65.7 Å². The van der Waals surface area contributed by atoms with E-state index in [1.807, 2.05) is 0 Å². The fourth-order valence-corrected chi connectivity index (χ4v) is 0.669. The van der Waals surface area contributed by atoms with Gasteiger partial charge in [0.2, 0.25) is 0 Å². The number of hydrogen-bond acceptors (Lipinski definition) is 2. The van der Waals surface area contributed by atoms with Gasteiger partial charge in [0.15, 0.2) is 0 Å². The molecule has 0 aromatic carbocycles. The monoisotopic (exact) mass is 155 g/mol. The van der Waals surface area contributed by atoms with E-state index in [1.165, 1.54) is 0 Å². The molecule has 0 fully saturated rings. The predicted octanol–water partition coefficient (Wildman–Crippen LogP) is 1.26. The molecule has 11 heavy (non-hydrogen) atoms. The summed E-state index contributed by atoms with van der Waals surface area (Å²) in [4.78, 5) is 19.7. The van der Waals surface area contributed by atoms with Crippen molar-refractivity contribution < 1.29 is 14.7 Å². The van der Waals surface area contributed by atoms with Gasteiger partial charge in [-0.1, -0.05) is 6.08 Å². The van der Waals surface area contributed by atoms with Crippen LogP contribution >= 0.6 is 0 Å². The summed E-state index contributed by atoms with van der Waals surface area (Å²) in [5.74, 6) is -1.17. The summed E-state index contributed by atoms with van der Waals surface area (Å²) >= 11 is 0. The van der Waals surface area contributed by atoms with Gasteiger partial charge in [-0.15, -0.1) is 0 Å². The first kappa shape index (κ1) is 9.88. The van der Waals surface area contributed by atoms with E-state index in [2.05, 4.69) is 0 Å². The van der Waals surface area contributed by atoms with Crippen LogP contribution in [0.2, 0.25) is 0 Å². The highest BCUT2D eigenvalue weighted by molar-refractivity contribution is 5.79. The highest BCUT2D eigenvalue weighted by Gasteiger charge is 1.88. The first-order valence-corrected chi connectivity index (χ1v) is 3.58. The molecule has 0 atom stereocenters. The topological polar surface area (TPSA) is 54.0 Å². The van der Waals surface area contributed by atoms with Crippen molar-refractivity contribution in [3.05, 3.63) is 12.2 Å². The van der Waals surface area contributed by atoms with E-state index in [9.17, 15) is 14.7 Å². The molecule has 3 heteroatoms. The third-order valence-electron chi connectivity index (χ3n) is 1.20. The molecule has 0 amide bonds. The minimum atomic E-state index is -1.17. The molecule has 0 aromatic heterocycles. The van der Waals surface area contributed by atoms with Gasteiger partial charge < -0.3 is 4.79 Å². The Morgan fingerprint density at radius 3 is 2.36 bits per heavy atom. The Balaban J connectivity index is 3.13. The Bertz CT molecular complexity index is 149. The second-order valence-electron chi connectivity index (χ2n) is 2.17. The number of aldehydes is 1. The normalized spacial score (nSPS) is 10.2. The highest BCUT2D eigenvalue weighted by atomic mass is 16.4. The molecule has 1 radical (unpaired) electrons. The summed E-state index contributed by atoms with van der Waals surface area (Å²) in [6.07, 6.45) is 6.34. The van der Waals surface area contributed by atoms with E-state index in [1.54, 1.807) is 6.08 Å². The molecule has 0 bridgehead atoms. The zero-order valence-corrected chi connectivity index (χ0v) is 6.29. The van der Waals surface area contributed by atoms with E-state index in [4.69, 9.17) is 0 Å². The van der Waals surface area contributed by atoms with Crippen molar-refractivity contribution in [3.8, 4) is 0 Å². The lowest BCUT2D eigenvalue weighted by Gasteiger charge is -1.88. The number of rotatable bonds is 6. The fraction of sp³-hybridized carbons (Fsp3) is 0.500. The SMILES string of the molecule is [O]C(=O)C=CCCCCC=O. The molecule has 0 saturated heterocycles. The zero-order valence-electron chi connectivity index (χ0n) is 6.29. The largest absolute Gasteiger partial charge is 0.378 e. The van der Waals surface area contributed by atoms with Crippen LogP contribution in [-0.2, 0) is 14.7 Å². The maximum Gasteiger partial charge on any atom is 0.378 e. The lowest BCUT2D eigenvalue weighted by atomic mass is 10.2. The molecule has 0 unspecified atom stereocenters. The summed E-state index contributed by atoms with van der Waals surface area (Å²) < 4.78 is 0. The van der Waals surface area contributed by atoms with Crippen LogP contribution in [0.25, 0.3) is 0 Å². The van der Waals surface area contributed by atoms with Gasteiger partial charge in [0, 0.05) is 12.5 Å². The van der Waals surface area contributed by atoms with Gasteiger partial charge in [-0.2, -0.15) is 0 Å². The number of allylic oxidation sites excluding steroid dienone is 1. The van der Waals surface area contributed by atoms with Crippen LogP contribution in [-0.4, -0.2) is 12.3 Å². The molecule has 0 heterocycles. The van der Waals surface area contributed by atoms with Gasteiger partial charge in [0.25, 0.3) is 0 Å². The van der Waals surface area contributed by atoms with Crippen molar-refractivity contribution in [3.63, 3.8) is 0 Å². The smallest absolute Gasteiger partial charge is 0.303 e. The maximum absolute atomic E-state index is 9.83. The first-order valence-electron chi connectivity index (χ1n) is 3.58.